The third kappa shape index (κ3) is 1.54. The van der Waals surface area contributed by atoms with Crippen LogP contribution in [0.25, 0.3) is 0 Å². The van der Waals surface area contributed by atoms with Crippen LogP contribution in [0.1, 0.15) is 26.2 Å². The second-order valence-electron chi connectivity index (χ2n) is 4.11. The maximum absolute atomic E-state index is 11.5. The Kier molecular flexibility index (Phi) is 2.54. The lowest BCUT2D eigenvalue weighted by Gasteiger charge is -2.24. The third-order valence-corrected chi connectivity index (χ3v) is 3.07. The van der Waals surface area contributed by atoms with Crippen LogP contribution in [-0.4, -0.2) is 36.3 Å². The van der Waals surface area contributed by atoms with Crippen LogP contribution >= 0.6 is 0 Å². The number of amides is 1. The number of piperidine rings is 1. The van der Waals surface area contributed by atoms with Crippen molar-refractivity contribution in [1.82, 2.24) is 10.3 Å². The van der Waals surface area contributed by atoms with Gasteiger partial charge in [-0.1, -0.05) is 6.42 Å². The molecule has 14 heavy (non-hydrogen) atoms. The lowest BCUT2D eigenvalue weighted by atomic mass is 9.93. The summed E-state index contributed by atoms with van der Waals surface area (Å²) in [7, 11) is 1.73. The van der Waals surface area contributed by atoms with Crippen LogP contribution in [0.15, 0.2) is 5.10 Å². The van der Waals surface area contributed by atoms with E-state index in [1.807, 2.05) is 6.92 Å². The first-order chi connectivity index (χ1) is 6.70. The van der Waals surface area contributed by atoms with Crippen LogP contribution in [0.3, 0.4) is 0 Å². The van der Waals surface area contributed by atoms with E-state index in [1.54, 1.807) is 7.05 Å². The van der Waals surface area contributed by atoms with Crippen molar-refractivity contribution in [2.24, 2.45) is 11.0 Å². The molecule has 1 fully saturated rings. The van der Waals surface area contributed by atoms with Gasteiger partial charge in [-0.15, -0.1) is 0 Å². The van der Waals surface area contributed by atoms with E-state index in [2.05, 4.69) is 10.4 Å². The molecule has 1 saturated heterocycles. The third-order valence-electron chi connectivity index (χ3n) is 3.07. The minimum atomic E-state index is -0.0319. The SMILES string of the molecule is CC1C(=O)N(C)N=C1C1CCCCN1. The quantitative estimate of drug-likeness (QED) is 0.665. The molecule has 0 bridgehead atoms. The molecule has 0 aromatic carbocycles. The van der Waals surface area contributed by atoms with E-state index in [-0.39, 0.29) is 11.8 Å². The van der Waals surface area contributed by atoms with Gasteiger partial charge in [-0.2, -0.15) is 5.10 Å². The van der Waals surface area contributed by atoms with Gasteiger partial charge in [-0.3, -0.25) is 4.79 Å². The van der Waals surface area contributed by atoms with Gasteiger partial charge in [0, 0.05) is 13.1 Å². The van der Waals surface area contributed by atoms with Gasteiger partial charge in [0.1, 0.15) is 0 Å². The van der Waals surface area contributed by atoms with Crippen molar-refractivity contribution in [3.05, 3.63) is 0 Å². The molecule has 0 aromatic rings. The van der Waals surface area contributed by atoms with Crippen molar-refractivity contribution in [1.29, 1.82) is 0 Å². The normalized spacial score (nSPS) is 33.4. The molecule has 78 valence electrons. The second-order valence-corrected chi connectivity index (χ2v) is 4.11. The minimum Gasteiger partial charge on any atom is -0.309 e. The minimum absolute atomic E-state index is 0.0319. The van der Waals surface area contributed by atoms with Gasteiger partial charge in [0.05, 0.1) is 11.6 Å². The summed E-state index contributed by atoms with van der Waals surface area (Å²) in [5.74, 6) is 0.0861. The van der Waals surface area contributed by atoms with Gasteiger partial charge < -0.3 is 5.32 Å². The lowest BCUT2D eigenvalue weighted by Crippen LogP contribution is -2.42. The Hall–Kier alpha value is -0.900. The molecular formula is C10H17N3O. The predicted molar refractivity (Wildman–Crippen MR) is 55.0 cm³/mol. The number of rotatable bonds is 1. The number of hydrazone groups is 1. The zero-order valence-electron chi connectivity index (χ0n) is 8.79. The topological polar surface area (TPSA) is 44.7 Å². The molecule has 2 rings (SSSR count). The predicted octanol–water partition coefficient (Wildman–Crippen LogP) is 0.593. The standard InChI is InChI=1S/C10H17N3O/c1-7-9(12-13(2)10(7)14)8-5-3-4-6-11-8/h7-8,11H,3-6H2,1-2H3. The Morgan fingerprint density at radius 3 is 2.79 bits per heavy atom. The van der Waals surface area contributed by atoms with E-state index in [1.165, 1.54) is 17.9 Å². The van der Waals surface area contributed by atoms with E-state index in [0.29, 0.717) is 6.04 Å². The van der Waals surface area contributed by atoms with Crippen LogP contribution in [0.5, 0.6) is 0 Å². The van der Waals surface area contributed by atoms with Gasteiger partial charge in [-0.05, 0) is 26.3 Å². The van der Waals surface area contributed by atoms with E-state index in [9.17, 15) is 4.79 Å². The number of nitrogens with one attached hydrogen (secondary N) is 1. The van der Waals surface area contributed by atoms with Crippen LogP contribution in [0, 0.1) is 5.92 Å². The average molecular weight is 195 g/mol. The Bertz CT molecular complexity index is 269. The number of hydrogen-bond acceptors (Lipinski definition) is 3. The summed E-state index contributed by atoms with van der Waals surface area (Å²) in [6, 6.07) is 0.327. The smallest absolute Gasteiger partial charge is 0.251 e. The average Bonchev–Trinajstić information content (AvgIpc) is 2.47. The van der Waals surface area contributed by atoms with Crippen molar-refractivity contribution in [3.8, 4) is 0 Å². The van der Waals surface area contributed by atoms with Gasteiger partial charge in [0.2, 0.25) is 0 Å². The molecule has 1 N–H and O–H groups in total. The van der Waals surface area contributed by atoms with Gasteiger partial charge in [-0.25, -0.2) is 5.01 Å². The first-order valence-electron chi connectivity index (χ1n) is 5.29. The Balaban J connectivity index is 2.10. The van der Waals surface area contributed by atoms with Crippen molar-refractivity contribution in [2.75, 3.05) is 13.6 Å². The Morgan fingerprint density at radius 2 is 2.29 bits per heavy atom. The fourth-order valence-electron chi connectivity index (χ4n) is 2.19. The molecule has 1 amide bonds. The van der Waals surface area contributed by atoms with E-state index < -0.39 is 0 Å². The highest BCUT2D eigenvalue weighted by Gasteiger charge is 2.34. The highest BCUT2D eigenvalue weighted by atomic mass is 16.2. The van der Waals surface area contributed by atoms with Gasteiger partial charge in [0.15, 0.2) is 0 Å². The molecule has 4 nitrogen and oxygen atoms in total. The van der Waals surface area contributed by atoms with Crippen molar-refractivity contribution >= 4 is 11.6 Å². The molecule has 0 radical (unpaired) electrons. The Morgan fingerprint density at radius 1 is 1.50 bits per heavy atom. The number of carbonyl (C=O) groups excluding carboxylic acids is 1. The molecule has 0 aliphatic carbocycles. The molecule has 0 saturated carbocycles. The molecule has 0 aromatic heterocycles. The Labute approximate surface area is 84.3 Å². The summed E-state index contributed by atoms with van der Waals surface area (Å²) in [6.07, 6.45) is 3.59. The molecule has 0 spiro atoms. The number of nitrogens with zero attached hydrogens (tertiary/aromatic N) is 2. The summed E-state index contributed by atoms with van der Waals surface area (Å²) in [5.41, 5.74) is 1.03. The van der Waals surface area contributed by atoms with Crippen molar-refractivity contribution in [3.63, 3.8) is 0 Å². The summed E-state index contributed by atoms with van der Waals surface area (Å²) in [4.78, 5) is 11.5. The highest BCUT2D eigenvalue weighted by Crippen LogP contribution is 2.20. The number of carbonyl (C=O) groups is 1. The first-order valence-corrected chi connectivity index (χ1v) is 5.29. The fourth-order valence-corrected chi connectivity index (χ4v) is 2.19. The maximum Gasteiger partial charge on any atom is 0.251 e. The number of hydrogen-bond donors (Lipinski definition) is 1. The first kappa shape index (κ1) is 9.65. The molecule has 4 heteroatoms. The van der Waals surface area contributed by atoms with Crippen LogP contribution in [0.2, 0.25) is 0 Å². The largest absolute Gasteiger partial charge is 0.309 e. The summed E-state index contributed by atoms with van der Waals surface area (Å²) in [6.45, 7) is 3.00. The van der Waals surface area contributed by atoms with E-state index in [0.717, 1.165) is 18.7 Å². The molecule has 2 aliphatic rings. The molecule has 2 atom stereocenters. The zero-order chi connectivity index (χ0) is 10.1. The van der Waals surface area contributed by atoms with Crippen LogP contribution in [0.4, 0.5) is 0 Å². The molecule has 2 aliphatic heterocycles. The zero-order valence-corrected chi connectivity index (χ0v) is 8.79. The fraction of sp³-hybridized carbons (Fsp3) is 0.800. The van der Waals surface area contributed by atoms with Crippen molar-refractivity contribution < 1.29 is 4.79 Å². The van der Waals surface area contributed by atoms with Crippen LogP contribution < -0.4 is 5.32 Å². The van der Waals surface area contributed by atoms with Gasteiger partial charge in [0.25, 0.3) is 5.91 Å². The molecular weight excluding hydrogens is 178 g/mol. The van der Waals surface area contributed by atoms with Crippen LogP contribution in [-0.2, 0) is 4.79 Å². The van der Waals surface area contributed by atoms with Gasteiger partial charge >= 0.3 is 0 Å². The summed E-state index contributed by atoms with van der Waals surface area (Å²) < 4.78 is 0. The molecule has 2 heterocycles. The highest BCUT2D eigenvalue weighted by molar-refractivity contribution is 6.09. The monoisotopic (exact) mass is 195 g/mol. The van der Waals surface area contributed by atoms with Crippen molar-refractivity contribution in [2.45, 2.75) is 32.2 Å². The second kappa shape index (κ2) is 3.69. The van der Waals surface area contributed by atoms with E-state index >= 15 is 0 Å². The van der Waals surface area contributed by atoms with E-state index in [4.69, 9.17) is 0 Å². The maximum atomic E-state index is 11.5. The summed E-state index contributed by atoms with van der Waals surface area (Å²) >= 11 is 0. The molecule has 2 unspecified atom stereocenters. The lowest BCUT2D eigenvalue weighted by molar-refractivity contribution is -0.130. The summed E-state index contributed by atoms with van der Waals surface area (Å²) in [5, 5.41) is 9.20.